The minimum absolute atomic E-state index is 0. The van der Waals surface area contributed by atoms with E-state index >= 15 is 0 Å². The number of aliphatic hydroxyl groups is 2. The molecule has 0 bridgehead atoms. The molecule has 0 saturated heterocycles. The molecule has 5 N–H and O–H groups in total. The molecular weight excluding hydrogens is 528 g/mol. The highest BCUT2D eigenvalue weighted by atomic mass is 35.5. The number of aliphatic hydroxyl groups excluding tert-OH is 2. The maximum absolute atomic E-state index is 11.5. The van der Waals surface area contributed by atoms with Crippen molar-refractivity contribution in [1.82, 2.24) is 5.32 Å². The Bertz CT molecular complexity index is 1460. The van der Waals surface area contributed by atoms with Gasteiger partial charge in [0.2, 0.25) is 10.0 Å². The molecule has 4 rings (SSSR count). The molecule has 0 saturated carbocycles. The number of phenolic OH excluding ortho intramolecular Hbond substituents is 1. The number of rotatable bonds is 11. The molecule has 0 heterocycles. The first-order valence-corrected chi connectivity index (χ1v) is 13.7. The third-order valence-corrected chi connectivity index (χ3v) is 6.49. The summed E-state index contributed by atoms with van der Waals surface area (Å²) in [4.78, 5) is 0. The van der Waals surface area contributed by atoms with Crippen LogP contribution in [0, 0.1) is 0 Å². The van der Waals surface area contributed by atoms with Gasteiger partial charge in [0.15, 0.2) is 0 Å². The fourth-order valence-corrected chi connectivity index (χ4v) is 4.59. The zero-order chi connectivity index (χ0) is 26.4. The number of benzene rings is 4. The quantitative estimate of drug-likeness (QED) is 0.173. The lowest BCUT2D eigenvalue weighted by molar-refractivity contribution is 0.158. The Morgan fingerprint density at radius 2 is 1.66 bits per heavy atom. The smallest absolute Gasteiger partial charge is 0.229 e. The molecule has 0 spiro atoms. The molecule has 202 valence electrons. The molecule has 0 fully saturated rings. The number of halogens is 1. The van der Waals surface area contributed by atoms with Crippen molar-refractivity contribution in [2.75, 3.05) is 24.1 Å². The van der Waals surface area contributed by atoms with Crippen LogP contribution >= 0.6 is 12.4 Å². The minimum Gasteiger partial charge on any atom is -0.506 e. The van der Waals surface area contributed by atoms with Gasteiger partial charge < -0.3 is 25.4 Å². The van der Waals surface area contributed by atoms with Crippen LogP contribution in [0.3, 0.4) is 0 Å². The molecule has 0 radical (unpaired) electrons. The number of hydrogen-bond acceptors (Lipinski definition) is 7. The Morgan fingerprint density at radius 3 is 2.37 bits per heavy atom. The average molecular weight is 559 g/mol. The van der Waals surface area contributed by atoms with Gasteiger partial charge >= 0.3 is 0 Å². The van der Waals surface area contributed by atoms with Gasteiger partial charge in [0.25, 0.3) is 0 Å². The largest absolute Gasteiger partial charge is 0.506 e. The Hall–Kier alpha value is -3.34. The van der Waals surface area contributed by atoms with Gasteiger partial charge in [0.1, 0.15) is 17.2 Å². The van der Waals surface area contributed by atoms with E-state index in [-0.39, 0.29) is 43.0 Å². The summed E-state index contributed by atoms with van der Waals surface area (Å²) in [6.45, 7) is -0.0198. The number of sulfonamides is 1. The number of anilines is 1. The molecule has 0 unspecified atom stereocenters. The van der Waals surface area contributed by atoms with Gasteiger partial charge in [0, 0.05) is 18.0 Å². The Balaban J connectivity index is 0.00000400. The molecule has 0 aliphatic heterocycles. The third kappa shape index (κ3) is 7.83. The summed E-state index contributed by atoms with van der Waals surface area (Å²) in [5, 5.41) is 35.6. The van der Waals surface area contributed by atoms with Gasteiger partial charge in [-0.2, -0.15) is 0 Å². The van der Waals surface area contributed by atoms with E-state index in [1.165, 1.54) is 18.2 Å². The van der Waals surface area contributed by atoms with Crippen LogP contribution in [0.25, 0.3) is 10.8 Å². The van der Waals surface area contributed by atoms with Gasteiger partial charge in [-0.3, -0.25) is 4.72 Å². The summed E-state index contributed by atoms with van der Waals surface area (Å²) in [5.41, 5.74) is 1.39. The van der Waals surface area contributed by atoms with Crippen LogP contribution in [-0.2, 0) is 16.4 Å². The number of aromatic hydroxyl groups is 1. The van der Waals surface area contributed by atoms with Crippen LogP contribution in [0.5, 0.6) is 17.2 Å². The zero-order valence-corrected chi connectivity index (χ0v) is 22.4. The van der Waals surface area contributed by atoms with Crippen molar-refractivity contribution in [1.29, 1.82) is 0 Å². The number of phenols is 1. The van der Waals surface area contributed by atoms with Gasteiger partial charge in [-0.15, -0.1) is 12.4 Å². The topological polar surface area (TPSA) is 128 Å². The Kier molecular flexibility index (Phi) is 9.96. The molecule has 0 aliphatic carbocycles. The number of ether oxygens (including phenoxy) is 1. The van der Waals surface area contributed by atoms with Gasteiger partial charge in [-0.25, -0.2) is 8.42 Å². The first-order valence-electron chi connectivity index (χ1n) is 11.8. The second-order valence-corrected chi connectivity index (χ2v) is 10.6. The molecule has 38 heavy (non-hydrogen) atoms. The van der Waals surface area contributed by atoms with Crippen LogP contribution in [0.1, 0.15) is 17.2 Å². The summed E-state index contributed by atoms with van der Waals surface area (Å²) in [6, 6.07) is 25.5. The van der Waals surface area contributed by atoms with Crippen molar-refractivity contribution in [2.24, 2.45) is 0 Å². The van der Waals surface area contributed by atoms with E-state index in [9.17, 15) is 23.7 Å². The fraction of sp³-hybridized carbons (Fsp3) is 0.214. The molecular formula is C28H31ClN2O6S. The highest BCUT2D eigenvalue weighted by Gasteiger charge is 2.16. The lowest BCUT2D eigenvalue weighted by Gasteiger charge is -2.20. The first-order chi connectivity index (χ1) is 17.7. The molecule has 0 aromatic heterocycles. The number of nitrogens with one attached hydrogen (secondary N) is 2. The van der Waals surface area contributed by atoms with Crippen molar-refractivity contribution in [3.63, 3.8) is 0 Å². The van der Waals surface area contributed by atoms with E-state index in [4.69, 9.17) is 4.74 Å². The van der Waals surface area contributed by atoms with Crippen LogP contribution < -0.4 is 14.8 Å². The highest BCUT2D eigenvalue weighted by molar-refractivity contribution is 7.92. The van der Waals surface area contributed by atoms with E-state index in [0.29, 0.717) is 17.7 Å². The Labute approximate surface area is 228 Å². The molecule has 8 nitrogen and oxygen atoms in total. The standard InChI is InChI=1S/C28H30N2O6S.ClH/c1-37(34,35)30-25-16-21(11-14-26(25)32)27(33)17-29-22(18-31)15-19-9-12-23(13-10-19)36-28-8-4-6-20-5-2-3-7-24(20)28;/h2-14,16,22,27,29-33H,15,17-18H2,1H3;1H/t22-,27-;/m0./s1. The number of fused-ring (bicyclic) bond motifs is 1. The van der Waals surface area contributed by atoms with E-state index in [2.05, 4.69) is 10.0 Å². The van der Waals surface area contributed by atoms with E-state index in [0.717, 1.165) is 28.3 Å². The molecule has 4 aromatic carbocycles. The molecule has 10 heteroatoms. The lowest BCUT2D eigenvalue weighted by atomic mass is 10.0. The van der Waals surface area contributed by atoms with Crippen molar-refractivity contribution in [2.45, 2.75) is 18.6 Å². The van der Waals surface area contributed by atoms with E-state index < -0.39 is 16.1 Å². The van der Waals surface area contributed by atoms with Crippen LogP contribution in [0.15, 0.2) is 84.9 Å². The molecule has 0 aliphatic rings. The first kappa shape index (κ1) is 29.2. The van der Waals surface area contributed by atoms with Crippen molar-refractivity contribution >= 4 is 38.9 Å². The SMILES string of the molecule is CS(=O)(=O)Nc1cc([C@@H](O)CN[C@H](CO)Cc2ccc(Oc3cccc4ccccc34)cc2)ccc1O.Cl. The summed E-state index contributed by atoms with van der Waals surface area (Å²) in [7, 11) is -3.59. The summed E-state index contributed by atoms with van der Waals surface area (Å²) >= 11 is 0. The maximum Gasteiger partial charge on any atom is 0.229 e. The van der Waals surface area contributed by atoms with Crippen molar-refractivity contribution in [3.8, 4) is 17.2 Å². The molecule has 2 atom stereocenters. The Morgan fingerprint density at radius 1 is 0.947 bits per heavy atom. The normalized spacial score (nSPS) is 12.9. The van der Waals surface area contributed by atoms with Crippen molar-refractivity contribution < 1.29 is 28.5 Å². The fourth-order valence-electron chi connectivity index (χ4n) is 4.03. The van der Waals surface area contributed by atoms with Gasteiger partial charge in [-0.1, -0.05) is 54.6 Å². The second-order valence-electron chi connectivity index (χ2n) is 8.88. The van der Waals surface area contributed by atoms with E-state index in [1.54, 1.807) is 0 Å². The summed E-state index contributed by atoms with van der Waals surface area (Å²) < 4.78 is 31.3. The summed E-state index contributed by atoms with van der Waals surface area (Å²) in [6.07, 6.45) is 0.519. The molecule has 0 amide bonds. The zero-order valence-electron chi connectivity index (χ0n) is 20.7. The van der Waals surface area contributed by atoms with Crippen molar-refractivity contribution in [3.05, 3.63) is 96.1 Å². The number of hydrogen-bond donors (Lipinski definition) is 5. The lowest BCUT2D eigenvalue weighted by Crippen LogP contribution is -2.37. The maximum atomic E-state index is 11.5. The predicted octanol–water partition coefficient (Wildman–Crippen LogP) is 4.36. The average Bonchev–Trinajstić information content (AvgIpc) is 2.88. The minimum atomic E-state index is -3.59. The molecule has 4 aromatic rings. The van der Waals surface area contributed by atoms with Crippen LogP contribution in [0.4, 0.5) is 5.69 Å². The van der Waals surface area contributed by atoms with Gasteiger partial charge in [-0.05, 0) is 53.3 Å². The summed E-state index contributed by atoms with van der Waals surface area (Å²) in [5.74, 6) is 1.24. The third-order valence-electron chi connectivity index (χ3n) is 5.90. The monoisotopic (exact) mass is 558 g/mol. The van der Waals surface area contributed by atoms with Crippen LogP contribution in [-0.4, -0.2) is 49.2 Å². The van der Waals surface area contributed by atoms with Crippen LogP contribution in [0.2, 0.25) is 0 Å². The van der Waals surface area contributed by atoms with E-state index in [1.807, 2.05) is 66.7 Å². The van der Waals surface area contributed by atoms with Gasteiger partial charge in [0.05, 0.1) is 24.7 Å². The highest BCUT2D eigenvalue weighted by Crippen LogP contribution is 2.30. The second kappa shape index (κ2) is 12.9. The predicted molar refractivity (Wildman–Crippen MR) is 152 cm³/mol.